The van der Waals surface area contributed by atoms with Gasteiger partial charge >= 0.3 is 0 Å². The van der Waals surface area contributed by atoms with Gasteiger partial charge in [0.15, 0.2) is 0 Å². The molecule has 0 unspecified atom stereocenters. The largest absolute Gasteiger partial charge is 0.492 e. The summed E-state index contributed by atoms with van der Waals surface area (Å²) in [5, 5.41) is 5.09. The van der Waals surface area contributed by atoms with Gasteiger partial charge in [-0.15, -0.1) is 0 Å². The predicted octanol–water partition coefficient (Wildman–Crippen LogP) is 1.84. The SMILES string of the molecule is Cc1cccc(CN2CCN(CCOc3ccc(S(N)(=O)=O)cc3)CC2)c1. The van der Waals surface area contributed by atoms with Gasteiger partial charge in [-0.2, -0.15) is 0 Å². The van der Waals surface area contributed by atoms with Crippen molar-refractivity contribution in [3.8, 4) is 5.75 Å². The van der Waals surface area contributed by atoms with Gasteiger partial charge in [-0.1, -0.05) is 29.8 Å². The van der Waals surface area contributed by atoms with Crippen molar-refractivity contribution < 1.29 is 13.2 Å². The van der Waals surface area contributed by atoms with E-state index in [0.717, 1.165) is 39.3 Å². The lowest BCUT2D eigenvalue weighted by molar-refractivity contribution is 0.112. The second-order valence-electron chi connectivity index (χ2n) is 6.97. The van der Waals surface area contributed by atoms with Crippen molar-refractivity contribution in [1.29, 1.82) is 0 Å². The number of sulfonamides is 1. The van der Waals surface area contributed by atoms with Gasteiger partial charge in [0, 0.05) is 39.3 Å². The topological polar surface area (TPSA) is 75.9 Å². The summed E-state index contributed by atoms with van der Waals surface area (Å²) in [6.45, 7) is 8.72. The summed E-state index contributed by atoms with van der Waals surface area (Å²) in [7, 11) is -3.66. The second-order valence-corrected chi connectivity index (χ2v) is 8.53. The van der Waals surface area contributed by atoms with Crippen molar-refractivity contribution in [3.05, 3.63) is 59.7 Å². The highest BCUT2D eigenvalue weighted by Gasteiger charge is 2.17. The van der Waals surface area contributed by atoms with Crippen LogP contribution in [0.2, 0.25) is 0 Å². The highest BCUT2D eigenvalue weighted by atomic mass is 32.2. The van der Waals surface area contributed by atoms with Crippen LogP contribution in [0, 0.1) is 6.92 Å². The number of rotatable bonds is 7. The lowest BCUT2D eigenvalue weighted by Crippen LogP contribution is -2.47. The lowest BCUT2D eigenvalue weighted by atomic mass is 10.1. The molecule has 0 bridgehead atoms. The van der Waals surface area contributed by atoms with Crippen molar-refractivity contribution in [1.82, 2.24) is 9.80 Å². The molecule has 0 saturated carbocycles. The van der Waals surface area contributed by atoms with Crippen molar-refractivity contribution in [2.75, 3.05) is 39.3 Å². The molecule has 1 saturated heterocycles. The Hall–Kier alpha value is -1.93. The summed E-state index contributed by atoms with van der Waals surface area (Å²) >= 11 is 0. The minimum absolute atomic E-state index is 0.0968. The van der Waals surface area contributed by atoms with Crippen molar-refractivity contribution in [3.63, 3.8) is 0 Å². The number of piperazine rings is 1. The molecular formula is C20H27N3O3S. The van der Waals surface area contributed by atoms with Gasteiger partial charge in [-0.3, -0.25) is 9.80 Å². The summed E-state index contributed by atoms with van der Waals surface area (Å²) in [5.41, 5.74) is 2.68. The Kier molecular flexibility index (Phi) is 6.49. The molecule has 0 aliphatic carbocycles. The van der Waals surface area contributed by atoms with Crippen LogP contribution in [0.25, 0.3) is 0 Å². The first kappa shape index (κ1) is 19.8. The third-order valence-electron chi connectivity index (χ3n) is 4.78. The molecule has 146 valence electrons. The molecule has 1 heterocycles. The van der Waals surface area contributed by atoms with E-state index in [9.17, 15) is 8.42 Å². The van der Waals surface area contributed by atoms with Gasteiger partial charge < -0.3 is 4.74 Å². The summed E-state index contributed by atoms with van der Waals surface area (Å²) in [6, 6.07) is 14.9. The summed E-state index contributed by atoms with van der Waals surface area (Å²) in [6.07, 6.45) is 0. The fourth-order valence-electron chi connectivity index (χ4n) is 3.26. The number of hydrogen-bond acceptors (Lipinski definition) is 5. The van der Waals surface area contributed by atoms with Crippen LogP contribution in [0.4, 0.5) is 0 Å². The van der Waals surface area contributed by atoms with Crippen LogP contribution in [0.5, 0.6) is 5.75 Å². The van der Waals surface area contributed by atoms with Crippen molar-refractivity contribution in [2.45, 2.75) is 18.4 Å². The van der Waals surface area contributed by atoms with E-state index in [1.807, 2.05) is 0 Å². The Balaban J connectivity index is 1.38. The molecule has 2 aromatic carbocycles. The first-order valence-corrected chi connectivity index (χ1v) is 10.7. The van der Waals surface area contributed by atoms with Crippen LogP contribution in [-0.2, 0) is 16.6 Å². The molecule has 1 aliphatic rings. The van der Waals surface area contributed by atoms with E-state index in [1.165, 1.54) is 23.3 Å². The van der Waals surface area contributed by atoms with Crippen LogP contribution in [0.15, 0.2) is 53.4 Å². The Morgan fingerprint density at radius 3 is 2.30 bits per heavy atom. The van der Waals surface area contributed by atoms with E-state index in [4.69, 9.17) is 9.88 Å². The molecule has 0 amide bonds. The van der Waals surface area contributed by atoms with Crippen LogP contribution >= 0.6 is 0 Å². The molecule has 7 heteroatoms. The predicted molar refractivity (Wildman–Crippen MR) is 106 cm³/mol. The zero-order chi connectivity index (χ0) is 19.3. The van der Waals surface area contributed by atoms with Gasteiger partial charge in [0.2, 0.25) is 10.0 Å². The molecule has 0 atom stereocenters. The molecule has 27 heavy (non-hydrogen) atoms. The minimum atomic E-state index is -3.66. The van der Waals surface area contributed by atoms with E-state index in [2.05, 4.69) is 41.0 Å². The van der Waals surface area contributed by atoms with Gasteiger partial charge in [0.25, 0.3) is 0 Å². The molecule has 2 N–H and O–H groups in total. The molecule has 1 aliphatic heterocycles. The van der Waals surface area contributed by atoms with Crippen LogP contribution in [0.1, 0.15) is 11.1 Å². The van der Waals surface area contributed by atoms with E-state index < -0.39 is 10.0 Å². The Labute approximate surface area is 161 Å². The van der Waals surface area contributed by atoms with E-state index in [0.29, 0.717) is 12.4 Å². The molecule has 0 spiro atoms. The summed E-state index contributed by atoms with van der Waals surface area (Å²) in [5.74, 6) is 0.653. The van der Waals surface area contributed by atoms with Gasteiger partial charge in [0.1, 0.15) is 12.4 Å². The van der Waals surface area contributed by atoms with Crippen molar-refractivity contribution >= 4 is 10.0 Å². The van der Waals surface area contributed by atoms with E-state index in [-0.39, 0.29) is 4.90 Å². The van der Waals surface area contributed by atoms with Crippen LogP contribution in [-0.4, -0.2) is 57.5 Å². The normalized spacial score (nSPS) is 16.4. The Morgan fingerprint density at radius 2 is 1.67 bits per heavy atom. The fourth-order valence-corrected chi connectivity index (χ4v) is 3.77. The second kappa shape index (κ2) is 8.84. The number of benzene rings is 2. The maximum absolute atomic E-state index is 11.2. The molecular weight excluding hydrogens is 362 g/mol. The van der Waals surface area contributed by atoms with Crippen LogP contribution < -0.4 is 9.88 Å². The highest BCUT2D eigenvalue weighted by Crippen LogP contribution is 2.15. The first-order chi connectivity index (χ1) is 12.9. The number of nitrogens with two attached hydrogens (primary N) is 1. The minimum Gasteiger partial charge on any atom is -0.492 e. The highest BCUT2D eigenvalue weighted by molar-refractivity contribution is 7.89. The molecule has 1 fully saturated rings. The Morgan fingerprint density at radius 1 is 1.00 bits per heavy atom. The van der Waals surface area contributed by atoms with Crippen LogP contribution in [0.3, 0.4) is 0 Å². The number of nitrogens with zero attached hydrogens (tertiary/aromatic N) is 2. The zero-order valence-electron chi connectivity index (χ0n) is 15.7. The summed E-state index contributed by atoms with van der Waals surface area (Å²) in [4.78, 5) is 4.98. The van der Waals surface area contributed by atoms with Gasteiger partial charge in [-0.25, -0.2) is 13.6 Å². The van der Waals surface area contributed by atoms with E-state index in [1.54, 1.807) is 12.1 Å². The average Bonchev–Trinajstić information content (AvgIpc) is 2.63. The smallest absolute Gasteiger partial charge is 0.238 e. The van der Waals surface area contributed by atoms with Gasteiger partial charge in [-0.05, 0) is 36.8 Å². The third-order valence-corrected chi connectivity index (χ3v) is 5.71. The van der Waals surface area contributed by atoms with E-state index >= 15 is 0 Å². The quantitative estimate of drug-likeness (QED) is 0.782. The first-order valence-electron chi connectivity index (χ1n) is 9.16. The molecule has 0 aromatic heterocycles. The number of aryl methyl sites for hydroxylation is 1. The number of ether oxygens (including phenoxy) is 1. The molecule has 6 nitrogen and oxygen atoms in total. The monoisotopic (exact) mass is 389 g/mol. The zero-order valence-corrected chi connectivity index (χ0v) is 16.5. The lowest BCUT2D eigenvalue weighted by Gasteiger charge is -2.34. The molecule has 2 aromatic rings. The van der Waals surface area contributed by atoms with Gasteiger partial charge in [0.05, 0.1) is 4.90 Å². The maximum atomic E-state index is 11.2. The number of hydrogen-bond donors (Lipinski definition) is 1. The maximum Gasteiger partial charge on any atom is 0.238 e. The van der Waals surface area contributed by atoms with Crippen molar-refractivity contribution in [2.24, 2.45) is 5.14 Å². The standard InChI is InChI=1S/C20H27N3O3S/c1-17-3-2-4-18(15-17)16-23-11-9-22(10-12-23)13-14-26-19-5-7-20(8-6-19)27(21,24)25/h2-8,15H,9-14,16H2,1H3,(H2,21,24,25). The molecule has 3 rings (SSSR count). The fraction of sp³-hybridized carbons (Fsp3) is 0.400. The third kappa shape index (κ3) is 6.04. The Bertz CT molecular complexity index is 845. The average molecular weight is 390 g/mol. The number of primary sulfonamides is 1. The summed E-state index contributed by atoms with van der Waals surface area (Å²) < 4.78 is 28.2. The molecule has 0 radical (unpaired) electrons.